The lowest BCUT2D eigenvalue weighted by Crippen LogP contribution is -2.37. The zero-order chi connectivity index (χ0) is 20.9. The van der Waals surface area contributed by atoms with Crippen molar-refractivity contribution in [3.8, 4) is 0 Å². The zero-order valence-electron chi connectivity index (χ0n) is 16.6. The van der Waals surface area contributed by atoms with E-state index in [9.17, 15) is 18.0 Å². The van der Waals surface area contributed by atoms with Crippen LogP contribution in [0.5, 0.6) is 0 Å². The fraction of sp³-hybridized carbons (Fsp3) is 0.650. The molecule has 0 heterocycles. The molecule has 4 nitrogen and oxygen atoms in total. The quantitative estimate of drug-likeness (QED) is 0.326. The molecule has 1 N–H and O–H groups in total. The molecule has 1 fully saturated rings. The van der Waals surface area contributed by atoms with Gasteiger partial charge >= 0.3 is 0 Å². The van der Waals surface area contributed by atoms with E-state index in [0.717, 1.165) is 6.08 Å². The largest absolute Gasteiger partial charge is 0.491 e. The summed E-state index contributed by atoms with van der Waals surface area (Å²) in [6.45, 7) is 13.5. The third-order valence-electron chi connectivity index (χ3n) is 3.83. The van der Waals surface area contributed by atoms with E-state index in [1.54, 1.807) is 6.92 Å². The number of rotatable bonds is 10. The average Bonchev–Trinajstić information content (AvgIpc) is 2.60. The molecular formula is C20H32F3NO3. The number of carbonyl (C=O) groups is 1. The minimum atomic E-state index is -2.63. The van der Waals surface area contributed by atoms with Crippen molar-refractivity contribution >= 4 is 5.91 Å². The Hall–Kier alpha value is -1.76. The molecule has 1 amide bonds. The van der Waals surface area contributed by atoms with E-state index in [0.29, 0.717) is 17.9 Å². The summed E-state index contributed by atoms with van der Waals surface area (Å²) in [6, 6.07) is 0. The predicted octanol–water partition coefficient (Wildman–Crippen LogP) is 4.93. The van der Waals surface area contributed by atoms with Crippen molar-refractivity contribution in [3.05, 3.63) is 36.4 Å². The highest BCUT2D eigenvalue weighted by Crippen LogP contribution is 2.36. The summed E-state index contributed by atoms with van der Waals surface area (Å²) in [7, 11) is 0. The third-order valence-corrected chi connectivity index (χ3v) is 3.83. The Morgan fingerprint density at radius 3 is 2.30 bits per heavy atom. The van der Waals surface area contributed by atoms with E-state index in [1.807, 2.05) is 13.8 Å². The van der Waals surface area contributed by atoms with E-state index in [1.165, 1.54) is 0 Å². The molecule has 0 aromatic rings. The Labute approximate surface area is 160 Å². The molecule has 0 atom stereocenters. The monoisotopic (exact) mass is 391 g/mol. The molecule has 27 heavy (non-hydrogen) atoms. The van der Waals surface area contributed by atoms with Crippen molar-refractivity contribution in [2.75, 3.05) is 26.4 Å². The van der Waals surface area contributed by atoms with Crippen LogP contribution in [0, 0.1) is 5.92 Å². The molecule has 0 spiro atoms. The highest BCUT2D eigenvalue weighted by molar-refractivity contribution is 5.78. The Morgan fingerprint density at radius 2 is 1.78 bits per heavy atom. The Bertz CT molecular complexity index is 509. The van der Waals surface area contributed by atoms with Crippen molar-refractivity contribution in [3.63, 3.8) is 0 Å². The van der Waals surface area contributed by atoms with Gasteiger partial charge in [0.25, 0.3) is 0 Å². The van der Waals surface area contributed by atoms with Crippen LogP contribution in [0.2, 0.25) is 0 Å². The lowest BCUT2D eigenvalue weighted by Gasteiger charge is -2.27. The smallest absolute Gasteiger partial charge is 0.248 e. The van der Waals surface area contributed by atoms with Crippen LogP contribution in [-0.4, -0.2) is 38.2 Å². The first-order valence-electron chi connectivity index (χ1n) is 9.29. The highest BCUT2D eigenvalue weighted by atomic mass is 19.3. The normalized spacial score (nSPS) is 16.7. The van der Waals surface area contributed by atoms with Crippen LogP contribution in [0.4, 0.5) is 13.2 Å². The molecule has 1 aliphatic rings. The molecule has 0 aliphatic heterocycles. The van der Waals surface area contributed by atoms with Gasteiger partial charge in [0.05, 0.1) is 13.2 Å². The molecule has 0 aromatic heterocycles. The second kappa shape index (κ2) is 13.4. The van der Waals surface area contributed by atoms with Crippen LogP contribution in [0.1, 0.15) is 46.5 Å². The molecule has 0 unspecified atom stereocenters. The summed E-state index contributed by atoms with van der Waals surface area (Å²) in [5.41, 5.74) is 0.573. The fourth-order valence-corrected chi connectivity index (χ4v) is 2.44. The minimum absolute atomic E-state index is 0.204. The molecule has 7 heteroatoms. The number of carbonyl (C=O) groups excluding carboxylic acids is 1. The van der Waals surface area contributed by atoms with Gasteiger partial charge < -0.3 is 14.8 Å². The van der Waals surface area contributed by atoms with Crippen molar-refractivity contribution in [1.29, 1.82) is 0 Å². The van der Waals surface area contributed by atoms with E-state index in [4.69, 9.17) is 9.47 Å². The molecule has 0 radical (unpaired) electrons. The number of halogens is 3. The van der Waals surface area contributed by atoms with Gasteiger partial charge in [-0.1, -0.05) is 27.0 Å². The molecule has 0 saturated heterocycles. The lowest BCUT2D eigenvalue weighted by atomic mass is 9.86. The topological polar surface area (TPSA) is 47.6 Å². The van der Waals surface area contributed by atoms with Crippen molar-refractivity contribution in [1.82, 2.24) is 5.32 Å². The second-order valence-electron chi connectivity index (χ2n) is 6.12. The van der Waals surface area contributed by atoms with E-state index in [-0.39, 0.29) is 57.3 Å². The maximum absolute atomic E-state index is 13.0. The summed E-state index contributed by atoms with van der Waals surface area (Å²) >= 11 is 0. The Kier molecular flexibility index (Phi) is 12.5. The standard InChI is InChI=1S/C18H26F3NO3.C2H6/c1-13(2)16(12-14(3)19)25-11-10-24-9-8-22-17(23)15-4-6-18(20,21)7-5-15;1-2/h12,15H,1,3-11H2,2H3,(H,22,23);1-2H3/b16-12+;. The van der Waals surface area contributed by atoms with Crippen LogP contribution in [0.15, 0.2) is 36.4 Å². The molecule has 1 aliphatic carbocycles. The van der Waals surface area contributed by atoms with Gasteiger partial charge in [0.1, 0.15) is 18.2 Å². The van der Waals surface area contributed by atoms with Crippen molar-refractivity contribution < 1.29 is 27.4 Å². The Balaban J connectivity index is 0.00000326. The molecule has 0 bridgehead atoms. The van der Waals surface area contributed by atoms with Crippen LogP contribution in [0.3, 0.4) is 0 Å². The highest BCUT2D eigenvalue weighted by Gasteiger charge is 2.37. The maximum atomic E-state index is 13.0. The predicted molar refractivity (Wildman–Crippen MR) is 101 cm³/mol. The van der Waals surface area contributed by atoms with E-state index in [2.05, 4.69) is 18.5 Å². The summed E-state index contributed by atoms with van der Waals surface area (Å²) < 4.78 is 49.5. The van der Waals surface area contributed by atoms with Crippen molar-refractivity contribution in [2.24, 2.45) is 5.92 Å². The van der Waals surface area contributed by atoms with E-state index >= 15 is 0 Å². The SMILES string of the molecule is C=C(F)/C=C(/OCCOCCNC(=O)C1CCC(F)(F)CC1)C(=C)C.CC. The summed E-state index contributed by atoms with van der Waals surface area (Å²) in [4.78, 5) is 11.9. The Morgan fingerprint density at radius 1 is 1.19 bits per heavy atom. The van der Waals surface area contributed by atoms with Gasteiger partial charge in [0, 0.05) is 31.4 Å². The summed E-state index contributed by atoms with van der Waals surface area (Å²) in [5.74, 6) is -3.50. The lowest BCUT2D eigenvalue weighted by molar-refractivity contribution is -0.129. The number of amides is 1. The number of ether oxygens (including phenoxy) is 2. The van der Waals surface area contributed by atoms with Crippen LogP contribution >= 0.6 is 0 Å². The summed E-state index contributed by atoms with van der Waals surface area (Å²) in [5, 5.41) is 2.69. The van der Waals surface area contributed by atoms with Gasteiger partial charge in [0.2, 0.25) is 11.8 Å². The second-order valence-corrected chi connectivity index (χ2v) is 6.12. The van der Waals surface area contributed by atoms with Gasteiger partial charge in [0.15, 0.2) is 0 Å². The summed E-state index contributed by atoms with van der Waals surface area (Å²) in [6.07, 6.45) is 1.11. The van der Waals surface area contributed by atoms with E-state index < -0.39 is 11.7 Å². The third kappa shape index (κ3) is 11.5. The number of alkyl halides is 2. The van der Waals surface area contributed by atoms with Crippen LogP contribution < -0.4 is 5.32 Å². The van der Waals surface area contributed by atoms with Gasteiger partial charge in [-0.3, -0.25) is 4.79 Å². The van der Waals surface area contributed by atoms with Crippen LogP contribution in [0.25, 0.3) is 0 Å². The number of hydrogen-bond acceptors (Lipinski definition) is 3. The zero-order valence-corrected chi connectivity index (χ0v) is 16.6. The number of nitrogens with one attached hydrogen (secondary N) is 1. The first kappa shape index (κ1) is 25.2. The molecule has 1 saturated carbocycles. The molecular weight excluding hydrogens is 359 g/mol. The molecule has 0 aromatic carbocycles. The fourth-order valence-electron chi connectivity index (χ4n) is 2.44. The first-order valence-corrected chi connectivity index (χ1v) is 9.29. The van der Waals surface area contributed by atoms with Crippen molar-refractivity contribution in [2.45, 2.75) is 52.4 Å². The minimum Gasteiger partial charge on any atom is -0.491 e. The number of hydrogen-bond donors (Lipinski definition) is 1. The molecule has 156 valence electrons. The first-order chi connectivity index (χ1) is 12.7. The van der Waals surface area contributed by atoms with Gasteiger partial charge in [-0.05, 0) is 25.3 Å². The van der Waals surface area contributed by atoms with Gasteiger partial charge in [-0.2, -0.15) is 0 Å². The van der Waals surface area contributed by atoms with Crippen LogP contribution in [-0.2, 0) is 14.3 Å². The maximum Gasteiger partial charge on any atom is 0.248 e. The van der Waals surface area contributed by atoms with Gasteiger partial charge in [-0.25, -0.2) is 13.2 Å². The van der Waals surface area contributed by atoms with Gasteiger partial charge in [-0.15, -0.1) is 0 Å². The molecule has 1 rings (SSSR count). The number of allylic oxidation sites excluding steroid dienone is 3. The average molecular weight is 391 g/mol.